The van der Waals surface area contributed by atoms with Crippen LogP contribution in [0, 0.1) is 10.1 Å². The largest absolute Gasteiger partial charge is 0.396 e. The van der Waals surface area contributed by atoms with Crippen LogP contribution in [0.5, 0.6) is 0 Å². The van der Waals surface area contributed by atoms with Gasteiger partial charge >= 0.3 is 0 Å². The molecule has 1 aromatic rings. The molecule has 0 heterocycles. The van der Waals surface area contributed by atoms with Crippen LogP contribution in [0.1, 0.15) is 50.2 Å². The molecule has 0 saturated heterocycles. The lowest BCUT2D eigenvalue weighted by Crippen LogP contribution is -2.04. The van der Waals surface area contributed by atoms with Crippen LogP contribution in [0.4, 0.5) is 5.69 Å². The van der Waals surface area contributed by atoms with Crippen molar-refractivity contribution in [2.45, 2.75) is 45.4 Å². The van der Waals surface area contributed by atoms with Crippen LogP contribution in [0.15, 0.2) is 18.2 Å². The lowest BCUT2D eigenvalue weighted by molar-refractivity contribution is -0.385. The summed E-state index contributed by atoms with van der Waals surface area (Å²) in [5, 5.41) is 20.1. The summed E-state index contributed by atoms with van der Waals surface area (Å²) in [7, 11) is 0. The van der Waals surface area contributed by atoms with Gasteiger partial charge in [0.05, 0.1) is 4.92 Å². The second-order valence-corrected chi connectivity index (χ2v) is 4.69. The number of nitro groups is 1. The first-order valence-electron chi connectivity index (χ1n) is 6.48. The molecule has 100 valence electrons. The Morgan fingerprint density at radius 1 is 1.39 bits per heavy atom. The van der Waals surface area contributed by atoms with E-state index in [-0.39, 0.29) is 23.1 Å². The molecule has 0 aliphatic heterocycles. The molecule has 18 heavy (non-hydrogen) atoms. The third-order valence-electron chi connectivity index (χ3n) is 3.16. The van der Waals surface area contributed by atoms with Gasteiger partial charge in [-0.3, -0.25) is 10.1 Å². The summed E-state index contributed by atoms with van der Waals surface area (Å²) in [6, 6.07) is 5.25. The molecule has 0 fully saturated rings. The number of rotatable bonds is 7. The fraction of sp³-hybridized carbons (Fsp3) is 0.571. The third kappa shape index (κ3) is 3.81. The van der Waals surface area contributed by atoms with Gasteiger partial charge in [0, 0.05) is 24.2 Å². The molecule has 4 heteroatoms. The predicted octanol–water partition coefficient (Wildman–Crippen LogP) is 3.42. The number of nitrogens with zero attached hydrogens (tertiary/aromatic N) is 1. The summed E-state index contributed by atoms with van der Waals surface area (Å²) < 4.78 is 0. The number of unbranched alkanes of at least 4 members (excludes halogenated alkanes) is 2. The van der Waals surface area contributed by atoms with Crippen LogP contribution in [0.3, 0.4) is 0 Å². The van der Waals surface area contributed by atoms with Crippen molar-refractivity contribution in [1.82, 2.24) is 0 Å². The van der Waals surface area contributed by atoms with Gasteiger partial charge in [0.15, 0.2) is 0 Å². The number of hydrogen-bond acceptors (Lipinski definition) is 3. The van der Waals surface area contributed by atoms with E-state index in [0.29, 0.717) is 5.56 Å². The first-order chi connectivity index (χ1) is 8.60. The highest BCUT2D eigenvalue weighted by Crippen LogP contribution is 2.27. The maximum Gasteiger partial charge on any atom is 0.272 e. The molecule has 0 spiro atoms. The topological polar surface area (TPSA) is 63.4 Å². The smallest absolute Gasteiger partial charge is 0.272 e. The van der Waals surface area contributed by atoms with Gasteiger partial charge in [-0.05, 0) is 24.5 Å². The Hall–Kier alpha value is -1.42. The highest BCUT2D eigenvalue weighted by atomic mass is 16.6. The number of nitro benzene ring substituents is 1. The van der Waals surface area contributed by atoms with Crippen LogP contribution < -0.4 is 0 Å². The average molecular weight is 251 g/mol. The van der Waals surface area contributed by atoms with Crippen molar-refractivity contribution in [2.24, 2.45) is 0 Å². The monoisotopic (exact) mass is 251 g/mol. The summed E-state index contributed by atoms with van der Waals surface area (Å²) in [6.07, 6.45) is 4.37. The fourth-order valence-corrected chi connectivity index (χ4v) is 2.00. The minimum atomic E-state index is -0.378. The van der Waals surface area contributed by atoms with Crippen molar-refractivity contribution in [2.75, 3.05) is 6.61 Å². The van der Waals surface area contributed by atoms with Crippen molar-refractivity contribution < 1.29 is 10.0 Å². The van der Waals surface area contributed by atoms with Crippen molar-refractivity contribution in [3.63, 3.8) is 0 Å². The third-order valence-corrected chi connectivity index (χ3v) is 3.16. The van der Waals surface area contributed by atoms with E-state index < -0.39 is 0 Å². The van der Waals surface area contributed by atoms with Gasteiger partial charge in [0.1, 0.15) is 0 Å². The fourth-order valence-electron chi connectivity index (χ4n) is 2.00. The zero-order valence-corrected chi connectivity index (χ0v) is 11.1. The molecule has 4 nitrogen and oxygen atoms in total. The molecular formula is C14H21NO3. The van der Waals surface area contributed by atoms with Crippen LogP contribution in [0.2, 0.25) is 0 Å². The summed E-state index contributed by atoms with van der Waals surface area (Å²) >= 11 is 0. The molecule has 0 bridgehead atoms. The summed E-state index contributed by atoms with van der Waals surface area (Å²) in [5.74, 6) is -0.198. The van der Waals surface area contributed by atoms with E-state index in [1.807, 2.05) is 12.1 Å². The SMILES string of the molecule is CCCCCc1ccc([N+](=O)[O-])c(C(C)CO)c1. The van der Waals surface area contributed by atoms with E-state index in [1.165, 1.54) is 6.42 Å². The second kappa shape index (κ2) is 7.11. The van der Waals surface area contributed by atoms with E-state index in [9.17, 15) is 15.2 Å². The molecule has 0 aromatic heterocycles. The van der Waals surface area contributed by atoms with Gasteiger partial charge in [0.2, 0.25) is 0 Å². The van der Waals surface area contributed by atoms with E-state index in [4.69, 9.17) is 0 Å². The first-order valence-corrected chi connectivity index (χ1v) is 6.48. The van der Waals surface area contributed by atoms with Gasteiger partial charge in [0.25, 0.3) is 5.69 Å². The second-order valence-electron chi connectivity index (χ2n) is 4.69. The Bertz CT molecular complexity index is 404. The Labute approximate surface area is 108 Å². The number of aliphatic hydroxyl groups is 1. The Morgan fingerprint density at radius 2 is 2.11 bits per heavy atom. The highest BCUT2D eigenvalue weighted by Gasteiger charge is 2.18. The molecule has 1 aromatic carbocycles. The molecule has 0 amide bonds. The molecule has 0 aliphatic carbocycles. The number of hydrogen-bond donors (Lipinski definition) is 1. The van der Waals surface area contributed by atoms with Crippen molar-refractivity contribution in [1.29, 1.82) is 0 Å². The number of aliphatic hydroxyl groups excluding tert-OH is 1. The van der Waals surface area contributed by atoms with Gasteiger partial charge in [-0.15, -0.1) is 0 Å². The Kier molecular flexibility index (Phi) is 5.78. The lowest BCUT2D eigenvalue weighted by Gasteiger charge is -2.11. The maximum absolute atomic E-state index is 10.9. The van der Waals surface area contributed by atoms with Crippen LogP contribution in [-0.2, 0) is 6.42 Å². The van der Waals surface area contributed by atoms with Crippen molar-refractivity contribution in [3.8, 4) is 0 Å². The van der Waals surface area contributed by atoms with Crippen LogP contribution in [-0.4, -0.2) is 16.6 Å². The minimum absolute atomic E-state index is 0.0702. The van der Waals surface area contributed by atoms with E-state index in [2.05, 4.69) is 6.92 Å². The van der Waals surface area contributed by atoms with E-state index >= 15 is 0 Å². The molecule has 1 N–H and O–H groups in total. The van der Waals surface area contributed by atoms with Gasteiger partial charge in [-0.25, -0.2) is 0 Å². The van der Waals surface area contributed by atoms with Crippen molar-refractivity contribution >= 4 is 5.69 Å². The molecule has 0 aliphatic rings. The van der Waals surface area contributed by atoms with Gasteiger partial charge < -0.3 is 5.11 Å². The Balaban J connectivity index is 2.94. The van der Waals surface area contributed by atoms with Crippen LogP contribution in [0.25, 0.3) is 0 Å². The van der Waals surface area contributed by atoms with Crippen molar-refractivity contribution in [3.05, 3.63) is 39.4 Å². The van der Waals surface area contributed by atoms with E-state index in [1.54, 1.807) is 13.0 Å². The summed E-state index contributed by atoms with van der Waals surface area (Å²) in [5.41, 5.74) is 1.86. The highest BCUT2D eigenvalue weighted by molar-refractivity contribution is 5.45. The zero-order valence-electron chi connectivity index (χ0n) is 11.1. The average Bonchev–Trinajstić information content (AvgIpc) is 2.37. The first kappa shape index (κ1) is 14.6. The quantitative estimate of drug-likeness (QED) is 0.459. The Morgan fingerprint density at radius 3 is 2.67 bits per heavy atom. The van der Waals surface area contributed by atoms with Gasteiger partial charge in [-0.1, -0.05) is 32.8 Å². The van der Waals surface area contributed by atoms with Crippen LogP contribution >= 0.6 is 0 Å². The summed E-state index contributed by atoms with van der Waals surface area (Å²) in [6.45, 7) is 3.88. The summed E-state index contributed by atoms with van der Waals surface area (Å²) in [4.78, 5) is 10.6. The molecule has 1 rings (SSSR count). The molecule has 1 atom stereocenters. The molecule has 0 saturated carbocycles. The minimum Gasteiger partial charge on any atom is -0.396 e. The molecule has 0 radical (unpaired) electrons. The molecular weight excluding hydrogens is 230 g/mol. The zero-order chi connectivity index (χ0) is 13.5. The van der Waals surface area contributed by atoms with Gasteiger partial charge in [-0.2, -0.15) is 0 Å². The number of aryl methyl sites for hydroxylation is 1. The normalized spacial score (nSPS) is 12.4. The maximum atomic E-state index is 10.9. The molecule has 1 unspecified atom stereocenters. The standard InChI is InChI=1S/C14H21NO3/c1-3-4-5-6-12-7-8-14(15(17)18)13(9-12)11(2)10-16/h7-9,11,16H,3-6,10H2,1-2H3. The lowest BCUT2D eigenvalue weighted by atomic mass is 9.96. The predicted molar refractivity (Wildman–Crippen MR) is 71.8 cm³/mol. The number of benzene rings is 1. The van der Waals surface area contributed by atoms with E-state index in [0.717, 1.165) is 24.8 Å².